The first-order valence-corrected chi connectivity index (χ1v) is 16.0. The number of para-hydroxylation sites is 2. The minimum atomic E-state index is -2.80. The van der Waals surface area contributed by atoms with Gasteiger partial charge >= 0.3 is 0 Å². The zero-order valence-electron chi connectivity index (χ0n) is 25.5. The molecule has 2 aromatic heterocycles. The number of carbonyl (C=O) groups is 2. The van der Waals surface area contributed by atoms with Crippen LogP contribution in [0.2, 0.25) is 0 Å². The molecule has 0 atom stereocenters. The fraction of sp³-hybridized carbons (Fsp3) is 0.594. The lowest BCUT2D eigenvalue weighted by Crippen LogP contribution is -2.48. The molecule has 0 N–H and O–H groups in total. The van der Waals surface area contributed by atoms with Gasteiger partial charge < -0.3 is 24.2 Å². The van der Waals surface area contributed by atoms with Crippen molar-refractivity contribution >= 4 is 28.8 Å². The minimum Gasteiger partial charge on any atom is -0.474 e. The highest BCUT2D eigenvalue weighted by Crippen LogP contribution is 2.42. The van der Waals surface area contributed by atoms with Crippen molar-refractivity contribution in [2.24, 2.45) is 11.3 Å². The fourth-order valence-electron chi connectivity index (χ4n) is 7.38. The molecule has 240 valence electrons. The third kappa shape index (κ3) is 5.70. The number of likely N-dealkylation sites (tertiary alicyclic amines) is 2. The molecular formula is C32H39F2N7O4. The lowest BCUT2D eigenvalue weighted by Gasteiger charge is -2.40. The van der Waals surface area contributed by atoms with Crippen molar-refractivity contribution in [3.05, 3.63) is 36.2 Å². The van der Waals surface area contributed by atoms with Crippen LogP contribution < -0.4 is 9.64 Å². The molecule has 4 aliphatic rings. The van der Waals surface area contributed by atoms with Gasteiger partial charge in [-0.2, -0.15) is 9.97 Å². The largest absolute Gasteiger partial charge is 0.474 e. The van der Waals surface area contributed by atoms with Gasteiger partial charge in [0.05, 0.1) is 29.7 Å². The number of morpholine rings is 1. The number of amides is 2. The number of anilines is 1. The Morgan fingerprint density at radius 1 is 0.978 bits per heavy atom. The normalized spacial score (nSPS) is 23.8. The average molecular weight is 624 g/mol. The van der Waals surface area contributed by atoms with Crippen LogP contribution in [0.4, 0.5) is 14.7 Å². The van der Waals surface area contributed by atoms with E-state index in [2.05, 4.69) is 4.98 Å². The lowest BCUT2D eigenvalue weighted by atomic mass is 9.76. The van der Waals surface area contributed by atoms with Crippen LogP contribution in [0, 0.1) is 11.3 Å². The smallest absolute Gasteiger partial charge is 0.296 e. The first-order valence-electron chi connectivity index (χ1n) is 16.0. The Bertz CT molecular complexity index is 1560. The van der Waals surface area contributed by atoms with E-state index in [9.17, 15) is 18.4 Å². The number of nitrogens with zero attached hydrogens (tertiary/aromatic N) is 7. The molecule has 3 aliphatic heterocycles. The predicted molar refractivity (Wildman–Crippen MR) is 162 cm³/mol. The summed E-state index contributed by atoms with van der Waals surface area (Å²) in [7, 11) is 1.86. The van der Waals surface area contributed by atoms with Crippen molar-refractivity contribution in [2.75, 3.05) is 57.9 Å². The Hall–Kier alpha value is -3.87. The van der Waals surface area contributed by atoms with Crippen molar-refractivity contribution < 1.29 is 27.8 Å². The van der Waals surface area contributed by atoms with Crippen molar-refractivity contribution in [3.8, 4) is 11.7 Å². The predicted octanol–water partition coefficient (Wildman–Crippen LogP) is 4.00. The van der Waals surface area contributed by atoms with E-state index in [-0.39, 0.29) is 40.9 Å². The molecule has 3 saturated heterocycles. The molecule has 1 spiro atoms. The average Bonchev–Trinajstić information content (AvgIpc) is 3.59. The molecule has 45 heavy (non-hydrogen) atoms. The minimum absolute atomic E-state index is 0.0726. The first-order chi connectivity index (χ1) is 21.8. The molecule has 7 rings (SSSR count). The van der Waals surface area contributed by atoms with E-state index in [0.29, 0.717) is 87.9 Å². The summed E-state index contributed by atoms with van der Waals surface area (Å²) in [5, 5.41) is 0. The number of carbonyl (C=O) groups excluding carboxylic acids is 2. The number of imidazole rings is 1. The summed E-state index contributed by atoms with van der Waals surface area (Å²) >= 11 is 0. The fourth-order valence-corrected chi connectivity index (χ4v) is 7.38. The molecule has 1 aromatic carbocycles. The van der Waals surface area contributed by atoms with Gasteiger partial charge in [-0.1, -0.05) is 12.1 Å². The van der Waals surface area contributed by atoms with Crippen molar-refractivity contribution in [1.29, 1.82) is 0 Å². The second-order valence-corrected chi connectivity index (χ2v) is 12.7. The summed E-state index contributed by atoms with van der Waals surface area (Å²) in [5.41, 5.74) is 0.695. The summed E-state index contributed by atoms with van der Waals surface area (Å²) in [4.78, 5) is 45.5. The quantitative estimate of drug-likeness (QED) is 0.406. The Morgan fingerprint density at radius 3 is 2.38 bits per heavy atom. The van der Waals surface area contributed by atoms with Crippen molar-refractivity contribution in [2.45, 2.75) is 57.5 Å². The number of ether oxygens (including phenoxy) is 2. The number of piperidine rings is 1. The van der Waals surface area contributed by atoms with Crippen LogP contribution in [0.3, 0.4) is 0 Å². The highest BCUT2D eigenvalue weighted by atomic mass is 19.3. The Kier molecular flexibility index (Phi) is 8.05. The number of hydrogen-bond donors (Lipinski definition) is 0. The van der Waals surface area contributed by atoms with Crippen LogP contribution >= 0.6 is 0 Å². The number of hydrogen-bond acceptors (Lipinski definition) is 8. The molecule has 5 heterocycles. The molecule has 13 heteroatoms. The van der Waals surface area contributed by atoms with Crippen LogP contribution in [-0.4, -0.2) is 100 Å². The standard InChI is InChI=1S/C32H39F2N7O4/c1-38-13-10-32(30(38)43)11-14-39(15-12-32)29(42)21-6-8-22(9-7-21)45-26-20-25(36-31(37-26)40-16-18-44-19-17-40)41-24-5-3-2-4-23(24)35-28(41)27(33)34/h2-5,20-22,27H,6-19H2,1H3. The van der Waals surface area contributed by atoms with Crippen LogP contribution in [0.15, 0.2) is 30.3 Å². The third-order valence-electron chi connectivity index (χ3n) is 10.1. The van der Waals surface area contributed by atoms with Gasteiger partial charge in [0.25, 0.3) is 6.43 Å². The summed E-state index contributed by atoms with van der Waals surface area (Å²) in [6.07, 6.45) is 2.14. The maximum Gasteiger partial charge on any atom is 0.296 e. The van der Waals surface area contributed by atoms with Gasteiger partial charge in [-0.15, -0.1) is 0 Å². The van der Waals surface area contributed by atoms with Gasteiger partial charge in [-0.25, -0.2) is 13.8 Å². The molecule has 1 aliphatic carbocycles. The lowest BCUT2D eigenvalue weighted by molar-refractivity contribution is -0.145. The van der Waals surface area contributed by atoms with Gasteiger partial charge in [0, 0.05) is 51.8 Å². The number of halogens is 2. The summed E-state index contributed by atoms with van der Waals surface area (Å²) in [6, 6.07) is 8.60. The number of benzene rings is 1. The first kappa shape index (κ1) is 29.8. The van der Waals surface area contributed by atoms with Gasteiger partial charge in [0.2, 0.25) is 23.6 Å². The topological polar surface area (TPSA) is 106 Å². The summed E-state index contributed by atoms with van der Waals surface area (Å²) in [5.74, 6) is 0.905. The van der Waals surface area contributed by atoms with Crippen molar-refractivity contribution in [3.63, 3.8) is 0 Å². The molecule has 0 bridgehead atoms. The Labute approximate surface area is 260 Å². The number of aromatic nitrogens is 4. The Balaban J connectivity index is 1.06. The zero-order valence-corrected chi connectivity index (χ0v) is 25.5. The second-order valence-electron chi connectivity index (χ2n) is 12.7. The van der Waals surface area contributed by atoms with E-state index in [4.69, 9.17) is 19.4 Å². The van der Waals surface area contributed by atoms with Crippen LogP contribution in [0.5, 0.6) is 5.88 Å². The van der Waals surface area contributed by atoms with Crippen LogP contribution in [0.1, 0.15) is 57.2 Å². The van der Waals surface area contributed by atoms with Crippen LogP contribution in [-0.2, 0) is 14.3 Å². The number of rotatable bonds is 6. The van der Waals surface area contributed by atoms with Gasteiger partial charge in [0.15, 0.2) is 5.82 Å². The highest BCUT2D eigenvalue weighted by molar-refractivity contribution is 5.85. The number of alkyl halides is 2. The third-order valence-corrected chi connectivity index (χ3v) is 10.1. The molecule has 0 unspecified atom stereocenters. The molecule has 2 amide bonds. The van der Waals surface area contributed by atoms with Gasteiger partial charge in [-0.3, -0.25) is 14.2 Å². The van der Waals surface area contributed by atoms with E-state index < -0.39 is 6.43 Å². The number of fused-ring (bicyclic) bond motifs is 1. The van der Waals surface area contributed by atoms with Crippen molar-refractivity contribution in [1.82, 2.24) is 29.3 Å². The SMILES string of the molecule is CN1CCC2(CCN(C(=O)C3CCC(Oc4cc(-n5c(C(F)F)nc6ccccc65)nc(N5CCOCC5)n4)CC3)CC2)C1=O. The molecule has 4 fully saturated rings. The zero-order chi connectivity index (χ0) is 31.1. The molecule has 3 aromatic rings. The Morgan fingerprint density at radius 2 is 1.69 bits per heavy atom. The van der Waals surface area contributed by atoms with E-state index in [1.165, 1.54) is 4.57 Å². The molecule has 1 saturated carbocycles. The molecule has 11 nitrogen and oxygen atoms in total. The van der Waals surface area contributed by atoms with E-state index in [1.807, 2.05) is 21.7 Å². The van der Waals surface area contributed by atoms with Gasteiger partial charge in [-0.05, 0) is 57.1 Å². The highest BCUT2D eigenvalue weighted by Gasteiger charge is 2.48. The molecule has 0 radical (unpaired) electrons. The molecular weight excluding hydrogens is 584 g/mol. The monoisotopic (exact) mass is 623 g/mol. The van der Waals surface area contributed by atoms with Crippen LogP contribution in [0.25, 0.3) is 16.9 Å². The van der Waals surface area contributed by atoms with E-state index in [1.54, 1.807) is 30.3 Å². The van der Waals surface area contributed by atoms with Gasteiger partial charge in [0.1, 0.15) is 11.9 Å². The van der Waals surface area contributed by atoms with E-state index >= 15 is 0 Å². The maximum atomic E-state index is 14.2. The van der Waals surface area contributed by atoms with E-state index in [0.717, 1.165) is 25.8 Å². The maximum absolute atomic E-state index is 14.2. The summed E-state index contributed by atoms with van der Waals surface area (Å²) < 4.78 is 41.7. The second kappa shape index (κ2) is 12.1. The summed E-state index contributed by atoms with van der Waals surface area (Å²) in [6.45, 7) is 4.24.